The van der Waals surface area contributed by atoms with Crippen LogP contribution < -0.4 is 0 Å². The van der Waals surface area contributed by atoms with Gasteiger partial charge in [0.05, 0.1) is 0 Å². The second kappa shape index (κ2) is 6.42. The van der Waals surface area contributed by atoms with Crippen molar-refractivity contribution in [3.63, 3.8) is 0 Å². The fourth-order valence-electron chi connectivity index (χ4n) is 3.63. The first-order chi connectivity index (χ1) is 8.31. The molecule has 0 aromatic rings. The molecule has 98 valence electrons. The molecule has 0 N–H and O–H groups in total. The molecule has 2 fully saturated rings. The monoisotopic (exact) mass is 238 g/mol. The van der Waals surface area contributed by atoms with Gasteiger partial charge in [0.15, 0.2) is 0 Å². The van der Waals surface area contributed by atoms with E-state index in [1.165, 1.54) is 51.4 Å². The van der Waals surface area contributed by atoms with E-state index in [0.717, 1.165) is 12.3 Å². The van der Waals surface area contributed by atoms with E-state index in [9.17, 15) is 4.79 Å². The minimum Gasteiger partial charge on any atom is -0.462 e. The lowest BCUT2D eigenvalue weighted by Crippen LogP contribution is -2.35. The lowest BCUT2D eigenvalue weighted by atomic mass is 9.72. The first kappa shape index (κ1) is 12.9. The van der Waals surface area contributed by atoms with Gasteiger partial charge in [-0.15, -0.1) is 0 Å². The largest absolute Gasteiger partial charge is 0.462 e. The molecule has 17 heavy (non-hydrogen) atoms. The molecular formula is C15H26O2. The molecule has 0 unspecified atom stereocenters. The van der Waals surface area contributed by atoms with Crippen LogP contribution in [0.15, 0.2) is 0 Å². The van der Waals surface area contributed by atoms with Crippen LogP contribution in [0.2, 0.25) is 0 Å². The molecule has 0 saturated heterocycles. The summed E-state index contributed by atoms with van der Waals surface area (Å²) in [5.41, 5.74) is 0. The predicted octanol–water partition coefficient (Wildman–Crippen LogP) is 4.08. The molecule has 0 aromatic carbocycles. The Hall–Kier alpha value is -0.530. The highest BCUT2D eigenvalue weighted by Crippen LogP contribution is 2.39. The zero-order valence-corrected chi connectivity index (χ0v) is 11.1. The highest BCUT2D eigenvalue weighted by atomic mass is 16.5. The number of carbonyl (C=O) groups excluding carboxylic acids is 1. The Morgan fingerprint density at radius 1 is 1.00 bits per heavy atom. The maximum Gasteiger partial charge on any atom is 0.305 e. The highest BCUT2D eigenvalue weighted by molar-refractivity contribution is 5.69. The second-order valence-electron chi connectivity index (χ2n) is 5.73. The molecule has 2 saturated carbocycles. The van der Waals surface area contributed by atoms with Crippen LogP contribution in [0, 0.1) is 11.8 Å². The molecule has 0 bridgehead atoms. The average Bonchev–Trinajstić information content (AvgIpc) is 2.40. The van der Waals surface area contributed by atoms with Crippen molar-refractivity contribution in [2.24, 2.45) is 11.8 Å². The summed E-state index contributed by atoms with van der Waals surface area (Å²) in [6, 6.07) is 0. The summed E-state index contributed by atoms with van der Waals surface area (Å²) in [6.45, 7) is 1.89. The molecule has 0 aromatic heterocycles. The molecule has 2 aliphatic rings. The molecule has 2 aliphatic carbocycles. The van der Waals surface area contributed by atoms with Crippen LogP contribution in [0.3, 0.4) is 0 Å². The Morgan fingerprint density at radius 3 is 2.35 bits per heavy atom. The van der Waals surface area contributed by atoms with Crippen LogP contribution in [-0.2, 0) is 9.53 Å². The van der Waals surface area contributed by atoms with Gasteiger partial charge < -0.3 is 4.74 Å². The van der Waals surface area contributed by atoms with Crippen LogP contribution in [0.4, 0.5) is 0 Å². The Morgan fingerprint density at radius 2 is 1.65 bits per heavy atom. The minimum atomic E-state index is -0.00212. The molecule has 2 nitrogen and oxygen atoms in total. The first-order valence-electron chi connectivity index (χ1n) is 7.50. The summed E-state index contributed by atoms with van der Waals surface area (Å²) in [5, 5.41) is 0. The third kappa shape index (κ3) is 3.46. The molecule has 2 heteroatoms. The van der Waals surface area contributed by atoms with Crippen molar-refractivity contribution in [1.29, 1.82) is 0 Å². The van der Waals surface area contributed by atoms with Crippen LogP contribution in [0.1, 0.15) is 71.1 Å². The number of carbonyl (C=O) groups is 1. The quantitative estimate of drug-likeness (QED) is 0.692. The fraction of sp³-hybridized carbons (Fsp3) is 0.933. The van der Waals surface area contributed by atoms with Crippen molar-refractivity contribution in [3.8, 4) is 0 Å². The predicted molar refractivity (Wildman–Crippen MR) is 68.7 cm³/mol. The molecule has 0 heterocycles. The van der Waals surface area contributed by atoms with Crippen molar-refractivity contribution < 1.29 is 9.53 Å². The van der Waals surface area contributed by atoms with Crippen LogP contribution >= 0.6 is 0 Å². The van der Waals surface area contributed by atoms with E-state index >= 15 is 0 Å². The first-order valence-corrected chi connectivity index (χ1v) is 7.50. The van der Waals surface area contributed by atoms with Crippen molar-refractivity contribution >= 4 is 5.97 Å². The number of hydrogen-bond donors (Lipinski definition) is 0. The molecule has 0 spiro atoms. The van der Waals surface area contributed by atoms with Crippen LogP contribution in [-0.4, -0.2) is 12.1 Å². The SMILES string of the molecule is CCC(=O)O[C@@H]1CCCC[C@H]1C1CCCCC1. The third-order valence-electron chi connectivity index (χ3n) is 4.58. The summed E-state index contributed by atoms with van der Waals surface area (Å²) < 4.78 is 5.67. The maximum atomic E-state index is 11.5. The Bertz CT molecular complexity index is 243. The summed E-state index contributed by atoms with van der Waals surface area (Å²) in [7, 11) is 0. The van der Waals surface area contributed by atoms with Gasteiger partial charge in [0, 0.05) is 6.42 Å². The minimum absolute atomic E-state index is 0.00212. The number of rotatable bonds is 3. The summed E-state index contributed by atoms with van der Waals surface area (Å²) >= 11 is 0. The Balaban J connectivity index is 1.93. The van der Waals surface area contributed by atoms with Crippen LogP contribution in [0.5, 0.6) is 0 Å². The molecule has 0 radical (unpaired) electrons. The van der Waals surface area contributed by atoms with E-state index in [4.69, 9.17) is 4.74 Å². The Labute approximate surface area is 105 Å². The molecular weight excluding hydrogens is 212 g/mol. The molecule has 2 atom stereocenters. The summed E-state index contributed by atoms with van der Waals surface area (Å²) in [5.74, 6) is 1.50. The Kier molecular flexibility index (Phi) is 4.87. The summed E-state index contributed by atoms with van der Waals surface area (Å²) in [6.07, 6.45) is 12.6. The van der Waals surface area contributed by atoms with E-state index in [-0.39, 0.29) is 12.1 Å². The van der Waals surface area contributed by atoms with E-state index in [2.05, 4.69) is 0 Å². The van der Waals surface area contributed by atoms with Gasteiger partial charge in [-0.2, -0.15) is 0 Å². The standard InChI is InChI=1S/C15H26O2/c1-2-15(16)17-14-11-7-6-10-13(14)12-8-4-3-5-9-12/h12-14H,2-11H2,1H3/t13-,14+/m0/s1. The van der Waals surface area contributed by atoms with Gasteiger partial charge in [-0.3, -0.25) is 4.79 Å². The zero-order valence-electron chi connectivity index (χ0n) is 11.1. The number of esters is 1. The van der Waals surface area contributed by atoms with E-state index in [1.807, 2.05) is 6.92 Å². The summed E-state index contributed by atoms with van der Waals surface area (Å²) in [4.78, 5) is 11.5. The van der Waals surface area contributed by atoms with Gasteiger partial charge in [-0.25, -0.2) is 0 Å². The van der Waals surface area contributed by atoms with Crippen molar-refractivity contribution in [1.82, 2.24) is 0 Å². The maximum absolute atomic E-state index is 11.5. The van der Waals surface area contributed by atoms with Crippen molar-refractivity contribution in [2.75, 3.05) is 0 Å². The van der Waals surface area contributed by atoms with E-state index < -0.39 is 0 Å². The second-order valence-corrected chi connectivity index (χ2v) is 5.73. The van der Waals surface area contributed by atoms with Gasteiger partial charge in [0.1, 0.15) is 6.10 Å². The smallest absolute Gasteiger partial charge is 0.305 e. The van der Waals surface area contributed by atoms with Gasteiger partial charge in [0.25, 0.3) is 0 Å². The normalized spacial score (nSPS) is 31.1. The van der Waals surface area contributed by atoms with E-state index in [0.29, 0.717) is 12.3 Å². The molecule has 0 aliphatic heterocycles. The van der Waals surface area contributed by atoms with Gasteiger partial charge in [0.2, 0.25) is 0 Å². The van der Waals surface area contributed by atoms with Gasteiger partial charge >= 0.3 is 5.97 Å². The number of ether oxygens (including phenoxy) is 1. The molecule has 2 rings (SSSR count). The number of hydrogen-bond acceptors (Lipinski definition) is 2. The van der Waals surface area contributed by atoms with Gasteiger partial charge in [-0.05, 0) is 31.1 Å². The highest BCUT2D eigenvalue weighted by Gasteiger charge is 2.34. The fourth-order valence-corrected chi connectivity index (χ4v) is 3.63. The van der Waals surface area contributed by atoms with Crippen LogP contribution in [0.25, 0.3) is 0 Å². The third-order valence-corrected chi connectivity index (χ3v) is 4.58. The van der Waals surface area contributed by atoms with Gasteiger partial charge in [-0.1, -0.05) is 45.4 Å². The average molecular weight is 238 g/mol. The van der Waals surface area contributed by atoms with Crippen molar-refractivity contribution in [3.05, 3.63) is 0 Å². The topological polar surface area (TPSA) is 26.3 Å². The lowest BCUT2D eigenvalue weighted by molar-refractivity contribution is -0.155. The van der Waals surface area contributed by atoms with Crippen molar-refractivity contribution in [2.45, 2.75) is 77.2 Å². The molecule has 0 amide bonds. The lowest BCUT2D eigenvalue weighted by Gasteiger charge is -2.38. The zero-order chi connectivity index (χ0) is 12.1. The van der Waals surface area contributed by atoms with E-state index in [1.54, 1.807) is 0 Å².